The van der Waals surface area contributed by atoms with Crippen LogP contribution in [0, 0.1) is 0 Å². The number of nitrogens with one attached hydrogen (secondary N) is 1. The van der Waals surface area contributed by atoms with E-state index in [1.807, 2.05) is 30.0 Å². The third-order valence-corrected chi connectivity index (χ3v) is 6.02. The number of rotatable bonds is 7. The molecule has 0 atom stereocenters. The zero-order valence-electron chi connectivity index (χ0n) is 14.4. The highest BCUT2D eigenvalue weighted by Crippen LogP contribution is 2.40. The Hall–Kier alpha value is -1.69. The molecular formula is C20H22ClNO3S. The lowest BCUT2D eigenvalue weighted by Gasteiger charge is -2.36. The lowest BCUT2D eigenvalue weighted by Crippen LogP contribution is -2.45. The maximum Gasteiger partial charge on any atom is 0.257 e. The first kappa shape index (κ1) is 19.1. The molecular weight excluding hydrogens is 370 g/mol. The molecule has 1 saturated heterocycles. The second kappa shape index (κ2) is 9.31. The standard InChI is InChI=1S/C20H22ClNO3S/c21-16-6-8-17(9-7-16)25-14-19(23)22-15-20(10-12-24-13-11-20)26-18-4-2-1-3-5-18/h1-9H,10-15H2,(H,22,23). The third-order valence-electron chi connectivity index (χ3n) is 4.27. The second-order valence-corrected chi connectivity index (χ2v) is 8.21. The SMILES string of the molecule is O=C(COc1ccc(Cl)cc1)NCC1(Sc2ccccc2)CCOCC1. The Morgan fingerprint density at radius 2 is 1.81 bits per heavy atom. The Balaban J connectivity index is 1.53. The number of benzene rings is 2. The number of ether oxygens (including phenoxy) is 2. The van der Waals surface area contributed by atoms with Gasteiger partial charge in [-0.3, -0.25) is 4.79 Å². The van der Waals surface area contributed by atoms with E-state index in [0.717, 1.165) is 26.1 Å². The minimum absolute atomic E-state index is 0.00971. The topological polar surface area (TPSA) is 47.6 Å². The zero-order chi connectivity index (χ0) is 18.2. The van der Waals surface area contributed by atoms with Gasteiger partial charge in [-0.2, -0.15) is 0 Å². The fraction of sp³-hybridized carbons (Fsp3) is 0.350. The molecule has 0 aliphatic carbocycles. The molecule has 2 aromatic carbocycles. The molecule has 1 amide bonds. The van der Waals surface area contributed by atoms with Gasteiger partial charge in [0.1, 0.15) is 5.75 Å². The fourth-order valence-corrected chi connectivity index (χ4v) is 4.22. The molecule has 26 heavy (non-hydrogen) atoms. The average molecular weight is 392 g/mol. The van der Waals surface area contributed by atoms with Gasteiger partial charge in [0, 0.05) is 34.4 Å². The molecule has 0 unspecified atom stereocenters. The lowest BCUT2D eigenvalue weighted by molar-refractivity contribution is -0.123. The van der Waals surface area contributed by atoms with E-state index in [0.29, 0.717) is 17.3 Å². The van der Waals surface area contributed by atoms with Crippen LogP contribution in [0.3, 0.4) is 0 Å². The number of hydrogen-bond donors (Lipinski definition) is 1. The van der Waals surface area contributed by atoms with E-state index in [1.165, 1.54) is 4.90 Å². The van der Waals surface area contributed by atoms with Crippen molar-refractivity contribution in [1.82, 2.24) is 5.32 Å². The molecule has 1 aliphatic rings. The normalized spacial score (nSPS) is 16.0. The van der Waals surface area contributed by atoms with Crippen molar-refractivity contribution in [3.8, 4) is 5.75 Å². The van der Waals surface area contributed by atoms with Gasteiger partial charge in [-0.05, 0) is 49.2 Å². The smallest absolute Gasteiger partial charge is 0.257 e. The summed E-state index contributed by atoms with van der Waals surface area (Å²) in [7, 11) is 0. The third kappa shape index (κ3) is 5.66. The van der Waals surface area contributed by atoms with Crippen LogP contribution in [0.25, 0.3) is 0 Å². The summed E-state index contributed by atoms with van der Waals surface area (Å²) >= 11 is 7.66. The molecule has 0 bridgehead atoms. The predicted molar refractivity (Wildman–Crippen MR) is 105 cm³/mol. The highest BCUT2D eigenvalue weighted by Gasteiger charge is 2.34. The van der Waals surface area contributed by atoms with Gasteiger partial charge in [0.15, 0.2) is 6.61 Å². The quantitative estimate of drug-likeness (QED) is 0.769. The highest BCUT2D eigenvalue weighted by molar-refractivity contribution is 8.00. The minimum atomic E-state index is -0.125. The number of carbonyl (C=O) groups is 1. The van der Waals surface area contributed by atoms with Crippen LogP contribution in [0.4, 0.5) is 0 Å². The number of halogens is 1. The van der Waals surface area contributed by atoms with E-state index in [9.17, 15) is 4.79 Å². The van der Waals surface area contributed by atoms with Crippen molar-refractivity contribution in [1.29, 1.82) is 0 Å². The molecule has 138 valence electrons. The minimum Gasteiger partial charge on any atom is -0.484 e. The van der Waals surface area contributed by atoms with Crippen molar-refractivity contribution < 1.29 is 14.3 Å². The van der Waals surface area contributed by atoms with Gasteiger partial charge in [-0.25, -0.2) is 0 Å². The number of carbonyl (C=O) groups excluding carboxylic acids is 1. The van der Waals surface area contributed by atoms with Crippen molar-refractivity contribution in [2.45, 2.75) is 22.5 Å². The maximum absolute atomic E-state index is 12.2. The Labute approximate surface area is 163 Å². The van der Waals surface area contributed by atoms with E-state index in [4.69, 9.17) is 21.1 Å². The molecule has 1 aliphatic heterocycles. The Morgan fingerprint density at radius 3 is 2.50 bits per heavy atom. The van der Waals surface area contributed by atoms with E-state index in [-0.39, 0.29) is 17.3 Å². The molecule has 6 heteroatoms. The summed E-state index contributed by atoms with van der Waals surface area (Å²) in [6.45, 7) is 2.02. The van der Waals surface area contributed by atoms with Crippen LogP contribution >= 0.6 is 23.4 Å². The fourth-order valence-electron chi connectivity index (χ4n) is 2.79. The molecule has 1 fully saturated rings. The van der Waals surface area contributed by atoms with Crippen LogP contribution < -0.4 is 10.1 Å². The average Bonchev–Trinajstić information content (AvgIpc) is 2.67. The maximum atomic E-state index is 12.2. The van der Waals surface area contributed by atoms with E-state index in [1.54, 1.807) is 24.3 Å². The number of hydrogen-bond acceptors (Lipinski definition) is 4. The first-order chi connectivity index (χ1) is 12.7. The van der Waals surface area contributed by atoms with Crippen molar-refractivity contribution in [2.75, 3.05) is 26.4 Å². The van der Waals surface area contributed by atoms with Crippen LogP contribution in [0.2, 0.25) is 5.02 Å². The second-order valence-electron chi connectivity index (χ2n) is 6.23. The van der Waals surface area contributed by atoms with Crippen LogP contribution in [0.15, 0.2) is 59.5 Å². The van der Waals surface area contributed by atoms with Crippen LogP contribution in [-0.2, 0) is 9.53 Å². The van der Waals surface area contributed by atoms with Gasteiger partial charge in [0.2, 0.25) is 0 Å². The van der Waals surface area contributed by atoms with Gasteiger partial charge < -0.3 is 14.8 Å². The van der Waals surface area contributed by atoms with Crippen LogP contribution in [-0.4, -0.2) is 37.0 Å². The van der Waals surface area contributed by atoms with Gasteiger partial charge in [-0.1, -0.05) is 29.8 Å². The molecule has 0 aromatic heterocycles. The van der Waals surface area contributed by atoms with E-state index < -0.39 is 0 Å². The Morgan fingerprint density at radius 1 is 1.12 bits per heavy atom. The first-order valence-corrected chi connectivity index (χ1v) is 9.82. The summed E-state index contributed by atoms with van der Waals surface area (Å²) in [4.78, 5) is 13.4. The zero-order valence-corrected chi connectivity index (χ0v) is 16.0. The summed E-state index contributed by atoms with van der Waals surface area (Å²) in [5.74, 6) is 0.503. The lowest BCUT2D eigenvalue weighted by atomic mass is 9.99. The van der Waals surface area contributed by atoms with Gasteiger partial charge in [0.05, 0.1) is 0 Å². The molecule has 1 N–H and O–H groups in total. The summed E-state index contributed by atoms with van der Waals surface area (Å²) < 4.78 is 11.0. The Bertz CT molecular complexity index is 703. The van der Waals surface area contributed by atoms with Gasteiger partial charge in [0.25, 0.3) is 5.91 Å². The highest BCUT2D eigenvalue weighted by atomic mass is 35.5. The molecule has 4 nitrogen and oxygen atoms in total. The van der Waals surface area contributed by atoms with Crippen LogP contribution in [0.1, 0.15) is 12.8 Å². The first-order valence-electron chi connectivity index (χ1n) is 8.62. The number of amides is 1. The van der Waals surface area contributed by atoms with Crippen molar-refractivity contribution in [3.05, 3.63) is 59.6 Å². The summed E-state index contributed by atoms with van der Waals surface area (Å²) in [5, 5.41) is 3.67. The Kier molecular flexibility index (Phi) is 6.83. The molecule has 0 saturated carbocycles. The van der Waals surface area contributed by atoms with Crippen LogP contribution in [0.5, 0.6) is 5.75 Å². The molecule has 0 radical (unpaired) electrons. The van der Waals surface area contributed by atoms with E-state index in [2.05, 4.69) is 17.4 Å². The summed E-state index contributed by atoms with van der Waals surface area (Å²) in [5.41, 5.74) is 0. The molecule has 3 rings (SSSR count). The molecule has 0 spiro atoms. The monoisotopic (exact) mass is 391 g/mol. The van der Waals surface area contributed by atoms with Gasteiger partial charge >= 0.3 is 0 Å². The largest absolute Gasteiger partial charge is 0.484 e. The van der Waals surface area contributed by atoms with Gasteiger partial charge in [-0.15, -0.1) is 11.8 Å². The predicted octanol–water partition coefficient (Wildman–Crippen LogP) is 4.18. The van der Waals surface area contributed by atoms with Crippen molar-refractivity contribution >= 4 is 29.3 Å². The molecule has 1 heterocycles. The summed E-state index contributed by atoms with van der Waals surface area (Å²) in [6, 6.07) is 17.3. The van der Waals surface area contributed by atoms with E-state index >= 15 is 0 Å². The number of thioether (sulfide) groups is 1. The van der Waals surface area contributed by atoms with Crippen molar-refractivity contribution in [2.24, 2.45) is 0 Å². The molecule has 2 aromatic rings. The summed E-state index contributed by atoms with van der Waals surface area (Å²) in [6.07, 6.45) is 1.82. The van der Waals surface area contributed by atoms with Crippen molar-refractivity contribution in [3.63, 3.8) is 0 Å².